The molecule has 2 aliphatic rings. The Labute approximate surface area is 225 Å². The zero-order valence-corrected chi connectivity index (χ0v) is 21.8. The number of halogens is 3. The zero-order valence-electron chi connectivity index (χ0n) is 21.8. The Morgan fingerprint density at radius 3 is 2.33 bits per heavy atom. The van der Waals surface area contributed by atoms with E-state index in [9.17, 15) is 27.6 Å². The molecular formula is C28H31F3N4O4. The highest BCUT2D eigenvalue weighted by atomic mass is 19.4. The molecule has 1 saturated heterocycles. The van der Waals surface area contributed by atoms with Crippen molar-refractivity contribution < 1.29 is 32.3 Å². The van der Waals surface area contributed by atoms with Crippen LogP contribution in [0.3, 0.4) is 0 Å². The van der Waals surface area contributed by atoms with Crippen molar-refractivity contribution in [3.8, 4) is 0 Å². The van der Waals surface area contributed by atoms with E-state index >= 15 is 0 Å². The minimum Gasteiger partial charge on any atom is -0.463 e. The lowest BCUT2D eigenvalue weighted by molar-refractivity contribution is -0.139. The summed E-state index contributed by atoms with van der Waals surface area (Å²) in [5.74, 6) is -0.708. The number of benzene rings is 2. The molecule has 8 nitrogen and oxygen atoms in total. The minimum atomic E-state index is -4.51. The van der Waals surface area contributed by atoms with E-state index in [2.05, 4.69) is 10.2 Å². The lowest BCUT2D eigenvalue weighted by Gasteiger charge is -2.36. The van der Waals surface area contributed by atoms with Crippen LogP contribution in [0.2, 0.25) is 0 Å². The van der Waals surface area contributed by atoms with Crippen LogP contribution in [-0.2, 0) is 15.7 Å². The second-order valence-electron chi connectivity index (χ2n) is 9.43. The van der Waals surface area contributed by atoms with E-state index in [1.807, 2.05) is 18.2 Å². The fraction of sp³-hybridized carbons (Fsp3) is 0.393. The molecule has 1 N–H and O–H groups in total. The van der Waals surface area contributed by atoms with Crippen molar-refractivity contribution in [1.29, 1.82) is 0 Å². The highest BCUT2D eigenvalue weighted by Gasteiger charge is 2.38. The average molecular weight is 545 g/mol. The fourth-order valence-electron chi connectivity index (χ4n) is 4.82. The molecular weight excluding hydrogens is 513 g/mol. The van der Waals surface area contributed by atoms with Gasteiger partial charge in [0.25, 0.3) is 5.91 Å². The van der Waals surface area contributed by atoms with Gasteiger partial charge in [-0.1, -0.05) is 30.3 Å². The van der Waals surface area contributed by atoms with Gasteiger partial charge in [0, 0.05) is 51.0 Å². The number of ether oxygens (including phenoxy) is 1. The van der Waals surface area contributed by atoms with Crippen LogP contribution < -0.4 is 5.32 Å². The average Bonchev–Trinajstić information content (AvgIpc) is 3.16. The van der Waals surface area contributed by atoms with Crippen LogP contribution in [0.25, 0.3) is 0 Å². The predicted octanol–water partition coefficient (Wildman–Crippen LogP) is 4.07. The normalized spacial score (nSPS) is 19.0. The summed E-state index contributed by atoms with van der Waals surface area (Å²) >= 11 is 0. The molecule has 0 saturated carbocycles. The first-order chi connectivity index (χ1) is 18.6. The standard InChI is InChI=1S/C28H31F3N4O4/c1-3-39-26(37)23-22(18-34-14-7-15-35(17-16-34)25(36)20-8-5-4-6-9-20)33(2)27(38)32-24(23)19-10-12-21(13-11-19)28(29,30)31/h4-6,8-13,24H,3,7,14-18H2,1-2H3,(H,32,38). The summed E-state index contributed by atoms with van der Waals surface area (Å²) < 4.78 is 44.7. The first kappa shape index (κ1) is 28.2. The van der Waals surface area contributed by atoms with Crippen molar-refractivity contribution in [3.05, 3.63) is 82.6 Å². The molecule has 0 spiro atoms. The maximum Gasteiger partial charge on any atom is 0.416 e. The van der Waals surface area contributed by atoms with E-state index < -0.39 is 29.8 Å². The SMILES string of the molecule is CCOC(=O)C1=C(CN2CCCN(C(=O)c3ccccc3)CC2)N(C)C(=O)NC1c1ccc(C(F)(F)F)cc1. The van der Waals surface area contributed by atoms with Gasteiger partial charge in [0.05, 0.1) is 23.8 Å². The Balaban J connectivity index is 1.61. The van der Waals surface area contributed by atoms with Gasteiger partial charge in [0.2, 0.25) is 0 Å². The van der Waals surface area contributed by atoms with Crippen LogP contribution >= 0.6 is 0 Å². The lowest BCUT2D eigenvalue weighted by Crippen LogP contribution is -2.49. The molecule has 4 rings (SSSR count). The Hall–Kier alpha value is -3.86. The number of nitrogens with one attached hydrogen (secondary N) is 1. The first-order valence-electron chi connectivity index (χ1n) is 12.8. The Bertz CT molecular complexity index is 1230. The Morgan fingerprint density at radius 1 is 1.00 bits per heavy atom. The molecule has 2 aromatic rings. The van der Waals surface area contributed by atoms with Gasteiger partial charge in [-0.05, 0) is 43.2 Å². The molecule has 2 aromatic carbocycles. The second kappa shape index (κ2) is 11.9. The topological polar surface area (TPSA) is 82.2 Å². The van der Waals surface area contributed by atoms with Crippen LogP contribution in [0, 0.1) is 0 Å². The van der Waals surface area contributed by atoms with Crippen molar-refractivity contribution in [3.63, 3.8) is 0 Å². The third kappa shape index (κ3) is 6.42. The summed E-state index contributed by atoms with van der Waals surface area (Å²) in [4.78, 5) is 44.2. The number of urea groups is 1. The molecule has 2 heterocycles. The number of carbonyl (C=O) groups excluding carboxylic acids is 3. The number of esters is 1. The van der Waals surface area contributed by atoms with Crippen molar-refractivity contribution in [2.24, 2.45) is 0 Å². The third-order valence-corrected chi connectivity index (χ3v) is 6.91. The number of amides is 3. The van der Waals surface area contributed by atoms with E-state index in [1.165, 1.54) is 24.1 Å². The maximum atomic E-state index is 13.2. The van der Waals surface area contributed by atoms with Crippen molar-refractivity contribution in [2.75, 3.05) is 46.4 Å². The van der Waals surface area contributed by atoms with Crippen molar-refractivity contribution >= 4 is 17.9 Å². The largest absolute Gasteiger partial charge is 0.463 e. The number of hydrogen-bond donors (Lipinski definition) is 1. The first-order valence-corrected chi connectivity index (χ1v) is 12.8. The molecule has 0 aliphatic carbocycles. The highest BCUT2D eigenvalue weighted by Crippen LogP contribution is 2.34. The number of likely N-dealkylation sites (N-methyl/N-ethyl adjacent to an activating group) is 1. The molecule has 2 aliphatic heterocycles. The molecule has 39 heavy (non-hydrogen) atoms. The number of alkyl halides is 3. The third-order valence-electron chi connectivity index (χ3n) is 6.91. The molecule has 1 atom stereocenters. The van der Waals surface area contributed by atoms with Gasteiger partial charge in [-0.3, -0.25) is 14.6 Å². The summed E-state index contributed by atoms with van der Waals surface area (Å²) in [5, 5.41) is 2.73. The summed E-state index contributed by atoms with van der Waals surface area (Å²) in [6.45, 7) is 4.14. The summed E-state index contributed by atoms with van der Waals surface area (Å²) in [5.41, 5.74) is 0.693. The van der Waals surface area contributed by atoms with Crippen molar-refractivity contribution in [2.45, 2.75) is 25.6 Å². The number of rotatable bonds is 6. The molecule has 3 amide bonds. The fourth-order valence-corrected chi connectivity index (χ4v) is 4.82. The van der Waals surface area contributed by atoms with Gasteiger partial charge in [0.15, 0.2) is 0 Å². The molecule has 0 radical (unpaired) electrons. The van der Waals surface area contributed by atoms with Crippen LogP contribution in [-0.4, -0.2) is 79.0 Å². The summed E-state index contributed by atoms with van der Waals surface area (Å²) in [6, 6.07) is 11.9. The summed E-state index contributed by atoms with van der Waals surface area (Å²) in [7, 11) is 1.54. The summed E-state index contributed by atoms with van der Waals surface area (Å²) in [6.07, 6.45) is -3.82. The van der Waals surface area contributed by atoms with Gasteiger partial charge < -0.3 is 15.0 Å². The molecule has 11 heteroatoms. The lowest BCUT2D eigenvalue weighted by atomic mass is 9.93. The van der Waals surface area contributed by atoms with Gasteiger partial charge in [0.1, 0.15) is 0 Å². The van der Waals surface area contributed by atoms with E-state index in [0.717, 1.165) is 12.1 Å². The molecule has 1 fully saturated rings. The maximum absolute atomic E-state index is 13.2. The molecule has 1 unspecified atom stereocenters. The van der Waals surface area contributed by atoms with E-state index in [1.54, 1.807) is 24.0 Å². The quantitative estimate of drug-likeness (QED) is 0.555. The molecule has 208 valence electrons. The minimum absolute atomic E-state index is 0.0552. The van der Waals surface area contributed by atoms with Gasteiger partial charge in [-0.15, -0.1) is 0 Å². The van der Waals surface area contributed by atoms with Gasteiger partial charge in [-0.25, -0.2) is 9.59 Å². The van der Waals surface area contributed by atoms with Crippen LogP contribution in [0.4, 0.5) is 18.0 Å². The van der Waals surface area contributed by atoms with Crippen molar-refractivity contribution in [1.82, 2.24) is 20.0 Å². The molecule has 0 bridgehead atoms. The number of carbonyl (C=O) groups is 3. The predicted molar refractivity (Wildman–Crippen MR) is 138 cm³/mol. The van der Waals surface area contributed by atoms with E-state index in [-0.39, 0.29) is 24.6 Å². The number of hydrogen-bond acceptors (Lipinski definition) is 5. The van der Waals surface area contributed by atoms with E-state index in [4.69, 9.17) is 4.74 Å². The zero-order chi connectivity index (χ0) is 28.2. The molecule has 0 aromatic heterocycles. The van der Waals surface area contributed by atoms with Crippen LogP contribution in [0.15, 0.2) is 65.9 Å². The van der Waals surface area contributed by atoms with Crippen LogP contribution in [0.5, 0.6) is 0 Å². The monoisotopic (exact) mass is 544 g/mol. The van der Waals surface area contributed by atoms with E-state index in [0.29, 0.717) is 49.4 Å². The van der Waals surface area contributed by atoms with Crippen LogP contribution in [0.1, 0.15) is 40.9 Å². The van der Waals surface area contributed by atoms with Gasteiger partial charge in [-0.2, -0.15) is 13.2 Å². The highest BCUT2D eigenvalue weighted by molar-refractivity contribution is 5.95. The Morgan fingerprint density at radius 2 is 1.69 bits per heavy atom. The second-order valence-corrected chi connectivity index (χ2v) is 9.43. The number of nitrogens with zero attached hydrogens (tertiary/aromatic N) is 3. The Kier molecular flexibility index (Phi) is 8.59. The smallest absolute Gasteiger partial charge is 0.416 e. The van der Waals surface area contributed by atoms with Gasteiger partial charge >= 0.3 is 18.2 Å².